The lowest BCUT2D eigenvalue weighted by atomic mass is 9.91. The van der Waals surface area contributed by atoms with Gasteiger partial charge < -0.3 is 13.3 Å². The average Bonchev–Trinajstić information content (AvgIpc) is 1.12. The third-order valence-corrected chi connectivity index (χ3v) is 29.4. The second kappa shape index (κ2) is 31.5. The first-order valence-corrected chi connectivity index (χ1v) is 47.8. The molecular weight excluding hydrogens is 1760 g/mol. The molecule has 28 aromatic rings. The molecule has 3 aliphatic heterocycles. The molecule has 652 valence electrons. The van der Waals surface area contributed by atoms with E-state index in [1.54, 1.807) is 22.7 Å². The van der Waals surface area contributed by atoms with Crippen LogP contribution in [0.5, 0.6) is 0 Å². The third-order valence-electron chi connectivity index (χ3n) is 27.1. The lowest BCUT2D eigenvalue weighted by molar-refractivity contribution is 0.668. The van der Waals surface area contributed by atoms with Crippen molar-refractivity contribution >= 4 is 213 Å². The summed E-state index contributed by atoms with van der Waals surface area (Å²) in [5.41, 5.74) is 21.3. The van der Waals surface area contributed by atoms with E-state index >= 15 is 0 Å². The fraction of sp³-hybridized carbons (Fsp3) is 0. The number of furan rings is 3. The predicted molar refractivity (Wildman–Crippen MR) is 573 cm³/mol. The number of hydrogen-bond donors (Lipinski definition) is 0. The highest BCUT2D eigenvalue weighted by Crippen LogP contribution is 2.56. The first-order chi connectivity index (χ1) is 71.5. The highest BCUT2D eigenvalue weighted by atomic mass is 32.1. The quantitative estimate of drug-likeness (QED) is 0.134. The average molecular weight is 1830 g/mol. The molecule has 17 heteroatoms. The molecule has 0 aliphatic carbocycles. The third kappa shape index (κ3) is 12.5. The van der Waals surface area contributed by atoms with Crippen molar-refractivity contribution in [3.8, 4) is 102 Å². The predicted octanol–water partition coefficient (Wildman–Crippen LogP) is 33.9. The minimum Gasteiger partial charge on any atom is -0.456 e. The molecule has 11 heterocycles. The van der Waals surface area contributed by atoms with Gasteiger partial charge in [-0.2, -0.15) is 29.9 Å². The maximum atomic E-state index is 8.77. The Morgan fingerprint density at radius 2 is 0.529 bits per heavy atom. The fourth-order valence-corrected chi connectivity index (χ4v) is 23.2. The zero-order valence-electron chi connectivity index (χ0n) is 78.9. The molecule has 0 fully saturated rings. The summed E-state index contributed by atoms with van der Waals surface area (Å²) in [6.45, 7) is 0. The van der Waals surface area contributed by atoms with Crippen molar-refractivity contribution in [1.82, 2.24) is 44.9 Å². The first-order valence-electron chi connectivity index (χ1n) is 48.6. The maximum absolute atomic E-state index is 8.77. The van der Waals surface area contributed by atoms with Gasteiger partial charge in [0.05, 0.1) is 52.1 Å². The Kier molecular flexibility index (Phi) is 16.6. The molecule has 0 amide bonds. The van der Waals surface area contributed by atoms with E-state index in [0.29, 0.717) is 51.9 Å². The Morgan fingerprint density at radius 3 is 1.04 bits per heavy atom. The molecule has 0 atom stereocenters. The zero-order valence-corrected chi connectivity index (χ0v) is 75.6. The molecule has 140 heavy (non-hydrogen) atoms. The Morgan fingerprint density at radius 1 is 0.207 bits per heavy atom. The SMILES string of the molecule is [2H]c1c([2H])c([2H])c(-c2nc(-c3cccc4c3oc3ccccc34)nc(N3c4ccccc4-c4cccc5cccc3c45)n2)c([2H])c1[2H].c1ccc2c(c1)-c1cccc3cccc(c13)N2c1nc(-c2ccc3oc4ccccc4c3c2)nc(-c2ccc3sc4ccccc4c3c2)n1.c1ccc2c(c1)-c1cccc3cccc(c13)N2c1nc(-c2cccc3c2oc2ccccc23)nc(-c2cccc3c2sc2ccccc23)n1. The van der Waals surface area contributed by atoms with Crippen molar-refractivity contribution in [2.75, 3.05) is 14.7 Å². The van der Waals surface area contributed by atoms with Gasteiger partial charge in [0.15, 0.2) is 34.9 Å². The minimum absolute atomic E-state index is 0.0429. The van der Waals surface area contributed by atoms with Crippen molar-refractivity contribution < 1.29 is 20.1 Å². The molecule has 0 saturated carbocycles. The molecule has 0 bridgehead atoms. The van der Waals surface area contributed by atoms with Gasteiger partial charge in [-0.05, 0) is 154 Å². The molecule has 0 N–H and O–H groups in total. The van der Waals surface area contributed by atoms with E-state index in [1.807, 2.05) is 138 Å². The van der Waals surface area contributed by atoms with Gasteiger partial charge in [-0.3, -0.25) is 14.7 Å². The summed E-state index contributed by atoms with van der Waals surface area (Å²) in [6, 6.07) is 133. The number of benzene rings is 20. The second-order valence-electron chi connectivity index (χ2n) is 34.9. The Bertz CT molecular complexity index is 10100. The van der Waals surface area contributed by atoms with E-state index in [2.05, 4.69) is 271 Å². The number of anilines is 9. The summed E-state index contributed by atoms with van der Waals surface area (Å²) in [6.07, 6.45) is 0. The van der Waals surface area contributed by atoms with Crippen LogP contribution in [0.2, 0.25) is 0 Å². The normalized spacial score (nSPS) is 12.9. The first kappa shape index (κ1) is 73.9. The summed E-state index contributed by atoms with van der Waals surface area (Å²) in [4.78, 5) is 52.7. The van der Waals surface area contributed by atoms with Crippen LogP contribution < -0.4 is 14.7 Å². The van der Waals surface area contributed by atoms with Crippen molar-refractivity contribution in [3.63, 3.8) is 0 Å². The zero-order chi connectivity index (χ0) is 96.1. The number of rotatable bonds is 9. The van der Waals surface area contributed by atoms with Crippen LogP contribution >= 0.6 is 22.7 Å². The Balaban J connectivity index is 0.000000103. The summed E-state index contributed by atoms with van der Waals surface area (Å²) in [5, 5.41) is 17.7. The van der Waals surface area contributed by atoms with Crippen molar-refractivity contribution in [2.45, 2.75) is 0 Å². The summed E-state index contributed by atoms with van der Waals surface area (Å²) in [7, 11) is 0. The van der Waals surface area contributed by atoms with Gasteiger partial charge in [0.1, 0.15) is 33.5 Å². The van der Waals surface area contributed by atoms with Gasteiger partial charge in [-0.25, -0.2) is 15.0 Å². The largest absolute Gasteiger partial charge is 0.456 e. The number of hydrogen-bond acceptors (Lipinski definition) is 17. The molecule has 0 unspecified atom stereocenters. The van der Waals surface area contributed by atoms with E-state index in [1.165, 1.54) is 68.3 Å². The lowest BCUT2D eigenvalue weighted by Crippen LogP contribution is -2.18. The Hall–Kier alpha value is -18.6. The summed E-state index contributed by atoms with van der Waals surface area (Å²) < 4.78 is 66.4. The molecule has 31 rings (SSSR count). The van der Waals surface area contributed by atoms with Crippen LogP contribution in [0.1, 0.15) is 6.85 Å². The molecule has 0 saturated heterocycles. The lowest BCUT2D eigenvalue weighted by Gasteiger charge is -2.32. The highest BCUT2D eigenvalue weighted by Gasteiger charge is 2.35. The topological polar surface area (TPSA) is 165 Å². The minimum atomic E-state index is -0.487. The van der Waals surface area contributed by atoms with Crippen LogP contribution in [0.15, 0.2) is 438 Å². The smallest absolute Gasteiger partial charge is 0.238 e. The summed E-state index contributed by atoms with van der Waals surface area (Å²) in [5.74, 6) is 3.97. The number of para-hydroxylation sites is 8. The number of fused-ring (bicyclic) bond motifs is 21. The molecule has 0 spiro atoms. The van der Waals surface area contributed by atoms with E-state index < -0.39 is 30.2 Å². The van der Waals surface area contributed by atoms with Crippen LogP contribution in [-0.2, 0) is 0 Å². The van der Waals surface area contributed by atoms with E-state index in [9.17, 15) is 0 Å². The van der Waals surface area contributed by atoms with Crippen molar-refractivity contribution in [3.05, 3.63) is 425 Å². The molecule has 8 aromatic heterocycles. The van der Waals surface area contributed by atoms with Gasteiger partial charge in [-0.15, -0.1) is 22.7 Å². The van der Waals surface area contributed by atoms with Gasteiger partial charge in [0, 0.05) is 128 Å². The molecule has 0 radical (unpaired) electrons. The molecule has 15 nitrogen and oxygen atoms in total. The van der Waals surface area contributed by atoms with Crippen molar-refractivity contribution in [2.24, 2.45) is 0 Å². The standard InChI is InChI=1S/2C43H24N4OS.C37H22N4O/c1-4-21-34-26(13-1)29-16-7-11-25-12-8-22-35(38(25)29)47(34)43-45-41(32-19-9-17-30-27-14-2-5-23-36(27)48-39(30)32)44-42(46-43)33-20-10-18-31-28-15-3-6-24-37(28)49-40(31)33;1-4-15-34-28(11-1)31-14-7-9-25-10-8-16-35(40(25)31)47(34)43-45-41(26-19-21-37-32(23-26)29-12-2-5-17-36(29)48-37)44-42(46-43)27-20-22-39-33(24-27)30-13-3-6-18-38(30)49-39;1-2-11-24(12-3-1)35-38-36(29-19-10-18-28-26-16-5-7-22-32(26)42-34(28)29)40-37(39-35)41-30-20-6-4-15-25(30)27-17-8-13-23-14-9-21-31(41)33(23)27/h2*1-24H;1-22H/i;;1D,2D,3D,11D,12D. The number of thiophene rings is 2. The molecule has 20 aromatic carbocycles. The maximum Gasteiger partial charge on any atom is 0.238 e. The van der Waals surface area contributed by atoms with Gasteiger partial charge in [0.2, 0.25) is 17.8 Å². The van der Waals surface area contributed by atoms with Crippen LogP contribution in [0.3, 0.4) is 0 Å². The van der Waals surface area contributed by atoms with E-state index in [4.69, 9.17) is 65.0 Å². The van der Waals surface area contributed by atoms with Crippen LogP contribution in [0.25, 0.3) is 240 Å². The fourth-order valence-electron chi connectivity index (χ4n) is 20.9. The molecule has 3 aliphatic rings. The van der Waals surface area contributed by atoms with Crippen LogP contribution in [-0.4, -0.2) is 44.9 Å². The second-order valence-corrected chi connectivity index (χ2v) is 37.0. The highest BCUT2D eigenvalue weighted by molar-refractivity contribution is 7.26. The van der Waals surface area contributed by atoms with E-state index in [-0.39, 0.29) is 23.2 Å². The van der Waals surface area contributed by atoms with Crippen molar-refractivity contribution in [1.29, 1.82) is 0 Å². The van der Waals surface area contributed by atoms with E-state index in [0.717, 1.165) is 149 Å². The van der Waals surface area contributed by atoms with Gasteiger partial charge in [-0.1, -0.05) is 303 Å². The molecular formula is C123H70N12O3S2. The summed E-state index contributed by atoms with van der Waals surface area (Å²) >= 11 is 3.58. The Labute approximate surface area is 813 Å². The van der Waals surface area contributed by atoms with Crippen LogP contribution in [0, 0.1) is 0 Å². The van der Waals surface area contributed by atoms with Gasteiger partial charge >= 0.3 is 0 Å². The monoisotopic (exact) mass is 1830 g/mol. The van der Waals surface area contributed by atoms with Gasteiger partial charge in [0.25, 0.3) is 0 Å². The number of nitrogens with zero attached hydrogens (tertiary/aromatic N) is 12. The van der Waals surface area contributed by atoms with Crippen LogP contribution in [0.4, 0.5) is 52.0 Å². The number of aromatic nitrogens is 9.